The number of fused-ring (bicyclic) bond motifs is 15. The molecular formula is C54H30N4O. The number of hydrogen-bond acceptors (Lipinski definition) is 3. The van der Waals surface area contributed by atoms with Crippen LogP contribution in [0.15, 0.2) is 186 Å². The Hall–Kier alpha value is -8.02. The second-order valence-electron chi connectivity index (χ2n) is 15.7. The molecule has 0 spiro atoms. The van der Waals surface area contributed by atoms with Gasteiger partial charge in [0.05, 0.1) is 38.8 Å². The topological polar surface area (TPSA) is 48.3 Å². The van der Waals surface area contributed by atoms with Crippen molar-refractivity contribution in [3.63, 3.8) is 0 Å². The van der Waals surface area contributed by atoms with Crippen molar-refractivity contribution in [2.75, 3.05) is 0 Å². The van der Waals surface area contributed by atoms with Gasteiger partial charge in [-0.05, 0) is 77.2 Å². The van der Waals surface area contributed by atoms with Crippen LogP contribution in [0.1, 0.15) is 0 Å². The van der Waals surface area contributed by atoms with Gasteiger partial charge < -0.3 is 8.82 Å². The van der Waals surface area contributed by atoms with Gasteiger partial charge in [-0.15, -0.1) is 0 Å². The van der Waals surface area contributed by atoms with Crippen molar-refractivity contribution in [3.8, 4) is 28.3 Å². The van der Waals surface area contributed by atoms with Gasteiger partial charge in [0.25, 0.3) is 0 Å². The van der Waals surface area contributed by atoms with E-state index in [2.05, 4.69) is 179 Å². The predicted octanol–water partition coefficient (Wildman–Crippen LogP) is 14.3. The van der Waals surface area contributed by atoms with Crippen LogP contribution in [-0.2, 0) is 0 Å². The van der Waals surface area contributed by atoms with E-state index in [1.54, 1.807) is 0 Å². The Balaban J connectivity index is 1.05. The monoisotopic (exact) mass is 750 g/mol. The molecule has 5 aromatic heterocycles. The summed E-state index contributed by atoms with van der Waals surface area (Å²) in [5, 5.41) is 12.8. The van der Waals surface area contributed by atoms with E-state index in [4.69, 9.17) is 14.4 Å². The second kappa shape index (κ2) is 11.3. The fourth-order valence-corrected chi connectivity index (χ4v) is 10.1. The van der Waals surface area contributed by atoms with Crippen LogP contribution < -0.4 is 0 Å². The Kier molecular flexibility index (Phi) is 5.96. The summed E-state index contributed by atoms with van der Waals surface area (Å²) in [5.41, 5.74) is 12.6. The first-order valence-electron chi connectivity index (χ1n) is 20.1. The molecule has 0 saturated heterocycles. The van der Waals surface area contributed by atoms with Crippen molar-refractivity contribution in [2.24, 2.45) is 0 Å². The zero-order valence-electron chi connectivity index (χ0n) is 31.5. The van der Waals surface area contributed by atoms with Gasteiger partial charge in [0.15, 0.2) is 0 Å². The van der Waals surface area contributed by atoms with Gasteiger partial charge in [0.1, 0.15) is 11.2 Å². The lowest BCUT2D eigenvalue weighted by Gasteiger charge is -2.13. The van der Waals surface area contributed by atoms with E-state index in [0.29, 0.717) is 5.95 Å². The molecule has 14 rings (SSSR count). The molecule has 0 saturated carbocycles. The van der Waals surface area contributed by atoms with Crippen LogP contribution in [0.2, 0.25) is 0 Å². The number of para-hydroxylation sites is 5. The molecule has 0 N–H and O–H groups in total. The van der Waals surface area contributed by atoms with Crippen molar-refractivity contribution in [2.45, 2.75) is 0 Å². The summed E-state index contributed by atoms with van der Waals surface area (Å²) >= 11 is 0. The lowest BCUT2D eigenvalue weighted by molar-refractivity contribution is 0.670. The number of rotatable bonds is 3. The van der Waals surface area contributed by atoms with Crippen molar-refractivity contribution in [1.82, 2.24) is 18.9 Å². The molecule has 0 atom stereocenters. The van der Waals surface area contributed by atoms with Crippen LogP contribution >= 0.6 is 0 Å². The Morgan fingerprint density at radius 1 is 0.390 bits per heavy atom. The first-order chi connectivity index (χ1) is 29.3. The van der Waals surface area contributed by atoms with E-state index in [1.165, 1.54) is 49.2 Å². The number of aromatic nitrogens is 4. The summed E-state index contributed by atoms with van der Waals surface area (Å²) in [4.78, 5) is 11.0. The minimum absolute atomic E-state index is 0.620. The molecule has 9 aromatic carbocycles. The van der Waals surface area contributed by atoms with Gasteiger partial charge in [0.2, 0.25) is 5.95 Å². The summed E-state index contributed by atoms with van der Waals surface area (Å²) in [7, 11) is 0. The molecule has 0 aliphatic heterocycles. The molecular weight excluding hydrogens is 721 g/mol. The molecule has 0 aliphatic rings. The van der Waals surface area contributed by atoms with Crippen molar-refractivity contribution in [1.29, 1.82) is 0 Å². The maximum atomic E-state index is 6.62. The maximum Gasteiger partial charge on any atom is 0.235 e. The molecule has 5 heterocycles. The third kappa shape index (κ3) is 4.13. The van der Waals surface area contributed by atoms with Gasteiger partial charge in [-0.25, -0.2) is 9.97 Å². The highest BCUT2D eigenvalue weighted by molar-refractivity contribution is 6.25. The largest absolute Gasteiger partial charge is 0.455 e. The first kappa shape index (κ1) is 31.1. The SMILES string of the molecule is c1ccc2c(c1)ccc1c(-c3cccc4c3oc3ccccc34)nc(-n3c4ccccc4c4cc(-c5cc6c7ccccc7n7c8ccccc8c(c5)c67)ccc43)nc12. The fourth-order valence-electron chi connectivity index (χ4n) is 10.1. The Bertz CT molecular complexity index is 4010. The molecule has 0 radical (unpaired) electrons. The Labute approximate surface area is 335 Å². The Morgan fingerprint density at radius 2 is 1.00 bits per heavy atom. The summed E-state index contributed by atoms with van der Waals surface area (Å²) in [6.07, 6.45) is 0. The highest BCUT2D eigenvalue weighted by atomic mass is 16.3. The molecule has 5 heteroatoms. The highest BCUT2D eigenvalue weighted by Crippen LogP contribution is 2.44. The van der Waals surface area contributed by atoms with E-state index < -0.39 is 0 Å². The number of hydrogen-bond donors (Lipinski definition) is 0. The highest BCUT2D eigenvalue weighted by Gasteiger charge is 2.23. The van der Waals surface area contributed by atoms with Gasteiger partial charge in [-0.2, -0.15) is 0 Å². The van der Waals surface area contributed by atoms with Crippen LogP contribution in [0.3, 0.4) is 0 Å². The molecule has 14 aromatic rings. The van der Waals surface area contributed by atoms with Crippen molar-refractivity contribution in [3.05, 3.63) is 182 Å². The van der Waals surface area contributed by atoms with E-state index in [1.807, 2.05) is 12.1 Å². The minimum Gasteiger partial charge on any atom is -0.455 e. The smallest absolute Gasteiger partial charge is 0.235 e. The average molecular weight is 751 g/mol. The molecule has 0 bridgehead atoms. The maximum absolute atomic E-state index is 6.62. The van der Waals surface area contributed by atoms with Crippen molar-refractivity contribution >= 4 is 104 Å². The number of benzene rings is 9. The molecule has 272 valence electrons. The lowest BCUT2D eigenvalue weighted by atomic mass is 9.98. The molecule has 0 unspecified atom stereocenters. The molecule has 59 heavy (non-hydrogen) atoms. The average Bonchev–Trinajstić information content (AvgIpc) is 4.04. The normalized spacial score (nSPS) is 12.4. The lowest BCUT2D eigenvalue weighted by Crippen LogP contribution is -2.04. The zero-order chi connectivity index (χ0) is 38.3. The van der Waals surface area contributed by atoms with Crippen LogP contribution in [0.25, 0.3) is 132 Å². The fraction of sp³-hybridized carbons (Fsp3) is 0. The van der Waals surface area contributed by atoms with E-state index in [9.17, 15) is 0 Å². The second-order valence-corrected chi connectivity index (χ2v) is 15.7. The van der Waals surface area contributed by atoms with Crippen LogP contribution in [0, 0.1) is 0 Å². The van der Waals surface area contributed by atoms with Gasteiger partial charge in [-0.3, -0.25) is 4.57 Å². The summed E-state index contributed by atoms with van der Waals surface area (Å²) < 4.78 is 11.3. The van der Waals surface area contributed by atoms with Gasteiger partial charge in [0, 0.05) is 59.4 Å². The minimum atomic E-state index is 0.620. The molecule has 0 aliphatic carbocycles. The summed E-state index contributed by atoms with van der Waals surface area (Å²) in [6.45, 7) is 0. The van der Waals surface area contributed by atoms with Gasteiger partial charge >= 0.3 is 0 Å². The van der Waals surface area contributed by atoms with E-state index >= 15 is 0 Å². The summed E-state index contributed by atoms with van der Waals surface area (Å²) in [5.74, 6) is 0.620. The third-order valence-electron chi connectivity index (χ3n) is 12.6. The number of furan rings is 1. The first-order valence-corrected chi connectivity index (χ1v) is 20.1. The molecule has 0 amide bonds. The standard InChI is InChI=1S/C54H30N4O/c1-2-13-34-31(12-1)24-26-40-50(34)55-54(56-51(40)41-19-11-18-39-38-17-6-10-23-49(38)59-53(39)41)58-47-22-9-3-14-35(47)42-28-32(25-27-48(42)58)33-29-43-36-15-4-7-20-45(36)57-46-21-8-5-16-37(46)44(30-33)52(43)57/h1-30H. The van der Waals surface area contributed by atoms with E-state index in [0.717, 1.165) is 76.7 Å². The van der Waals surface area contributed by atoms with Crippen LogP contribution in [0.5, 0.6) is 0 Å². The Morgan fingerprint density at radius 3 is 1.78 bits per heavy atom. The van der Waals surface area contributed by atoms with Crippen molar-refractivity contribution < 1.29 is 4.42 Å². The van der Waals surface area contributed by atoms with Crippen LogP contribution in [0.4, 0.5) is 0 Å². The third-order valence-corrected chi connectivity index (χ3v) is 12.6. The van der Waals surface area contributed by atoms with Gasteiger partial charge in [-0.1, -0.05) is 121 Å². The predicted molar refractivity (Wildman–Crippen MR) is 244 cm³/mol. The van der Waals surface area contributed by atoms with Crippen LogP contribution in [-0.4, -0.2) is 18.9 Å². The quantitative estimate of drug-likeness (QED) is 0.169. The summed E-state index contributed by atoms with van der Waals surface area (Å²) in [6, 6.07) is 65.2. The molecule has 5 nitrogen and oxygen atoms in total. The zero-order valence-corrected chi connectivity index (χ0v) is 31.5. The van der Waals surface area contributed by atoms with E-state index in [-0.39, 0.29) is 0 Å². The molecule has 0 fully saturated rings. The number of nitrogens with zero attached hydrogens (tertiary/aromatic N) is 4.